The van der Waals surface area contributed by atoms with Gasteiger partial charge < -0.3 is 15.2 Å². The Bertz CT molecular complexity index is 333. The second kappa shape index (κ2) is 5.77. The summed E-state index contributed by atoms with van der Waals surface area (Å²) in [4.78, 5) is 14.1. The van der Waals surface area contributed by atoms with Crippen molar-refractivity contribution in [2.24, 2.45) is 5.92 Å². The van der Waals surface area contributed by atoms with Gasteiger partial charge in [0.2, 0.25) is 0 Å². The van der Waals surface area contributed by atoms with Crippen LogP contribution in [0.15, 0.2) is 0 Å². The molecule has 0 bridgehead atoms. The molecular weight excluding hydrogens is 244 g/mol. The molecule has 1 saturated heterocycles. The van der Waals surface area contributed by atoms with Crippen molar-refractivity contribution in [3.63, 3.8) is 0 Å². The number of carbonyl (C=O) groups is 1. The summed E-state index contributed by atoms with van der Waals surface area (Å²) in [7, 11) is 0. The number of carboxylic acid groups (broad SMARTS) is 1. The molecule has 1 saturated carbocycles. The summed E-state index contributed by atoms with van der Waals surface area (Å²) in [5, 5.41) is 13.0. The highest BCUT2D eigenvalue weighted by atomic mass is 16.5. The maximum Gasteiger partial charge on any atom is 0.325 e. The van der Waals surface area contributed by atoms with Gasteiger partial charge in [-0.15, -0.1) is 0 Å². The summed E-state index contributed by atoms with van der Waals surface area (Å²) in [6, 6.07) is 0.285. The first-order valence-electron chi connectivity index (χ1n) is 7.33. The minimum Gasteiger partial charge on any atom is -0.480 e. The van der Waals surface area contributed by atoms with Gasteiger partial charge in [-0.25, -0.2) is 0 Å². The third-order valence-electron chi connectivity index (χ3n) is 4.34. The molecule has 1 aliphatic carbocycles. The first-order valence-corrected chi connectivity index (χ1v) is 7.33. The summed E-state index contributed by atoms with van der Waals surface area (Å²) in [5.74, 6) is -0.432. The van der Waals surface area contributed by atoms with Gasteiger partial charge in [0, 0.05) is 19.1 Å². The van der Waals surface area contributed by atoms with Crippen LogP contribution in [-0.4, -0.2) is 59.9 Å². The van der Waals surface area contributed by atoms with E-state index in [4.69, 9.17) is 4.74 Å². The van der Waals surface area contributed by atoms with Crippen LogP contribution in [0.2, 0.25) is 0 Å². The molecule has 2 aliphatic rings. The molecule has 0 aromatic heterocycles. The Balaban J connectivity index is 2.12. The first kappa shape index (κ1) is 14.8. The minimum absolute atomic E-state index is 0.184. The summed E-state index contributed by atoms with van der Waals surface area (Å²) in [6.45, 7) is 8.91. The second-order valence-corrected chi connectivity index (χ2v) is 6.00. The first-order chi connectivity index (χ1) is 8.99. The lowest BCUT2D eigenvalue weighted by molar-refractivity contribution is -0.149. The molecule has 5 heteroatoms. The fraction of sp³-hybridized carbons (Fsp3) is 0.929. The molecule has 110 valence electrons. The zero-order valence-electron chi connectivity index (χ0n) is 12.2. The van der Waals surface area contributed by atoms with Crippen LogP contribution < -0.4 is 5.32 Å². The molecule has 19 heavy (non-hydrogen) atoms. The van der Waals surface area contributed by atoms with E-state index < -0.39 is 11.5 Å². The Morgan fingerprint density at radius 3 is 2.68 bits per heavy atom. The van der Waals surface area contributed by atoms with Crippen LogP contribution in [0.25, 0.3) is 0 Å². The van der Waals surface area contributed by atoms with Crippen LogP contribution in [0.5, 0.6) is 0 Å². The van der Waals surface area contributed by atoms with E-state index >= 15 is 0 Å². The highest BCUT2D eigenvalue weighted by Crippen LogP contribution is 2.41. The molecule has 2 fully saturated rings. The Hall–Kier alpha value is -0.650. The van der Waals surface area contributed by atoms with E-state index in [2.05, 4.69) is 17.1 Å². The van der Waals surface area contributed by atoms with Gasteiger partial charge >= 0.3 is 5.97 Å². The molecule has 0 amide bonds. The van der Waals surface area contributed by atoms with Crippen LogP contribution in [-0.2, 0) is 9.53 Å². The molecule has 1 aliphatic heterocycles. The lowest BCUT2D eigenvalue weighted by Gasteiger charge is -2.42. The molecule has 5 nitrogen and oxygen atoms in total. The van der Waals surface area contributed by atoms with Gasteiger partial charge in [-0.1, -0.05) is 6.92 Å². The molecule has 2 N–H and O–H groups in total. The smallest absolute Gasteiger partial charge is 0.325 e. The van der Waals surface area contributed by atoms with Gasteiger partial charge in [0.25, 0.3) is 0 Å². The molecule has 3 unspecified atom stereocenters. The number of aliphatic carboxylic acids is 1. The summed E-state index contributed by atoms with van der Waals surface area (Å²) in [5.41, 5.74) is -0.778. The summed E-state index contributed by atoms with van der Waals surface area (Å²) in [6.07, 6.45) is 2.23. The predicted octanol–water partition coefficient (Wildman–Crippen LogP) is 0.939. The lowest BCUT2D eigenvalue weighted by Crippen LogP contribution is -2.63. The Kier molecular flexibility index (Phi) is 4.48. The zero-order chi connectivity index (χ0) is 14.0. The fourth-order valence-corrected chi connectivity index (χ4v) is 3.05. The highest BCUT2D eigenvalue weighted by Gasteiger charge is 2.52. The van der Waals surface area contributed by atoms with Crippen molar-refractivity contribution in [1.82, 2.24) is 10.2 Å². The van der Waals surface area contributed by atoms with Crippen molar-refractivity contribution >= 4 is 5.97 Å². The SMILES string of the molecule is CCNC(CN1CC(C)OCC1C)(C(=O)O)C1CC1. The van der Waals surface area contributed by atoms with Crippen molar-refractivity contribution in [3.8, 4) is 0 Å². The van der Waals surface area contributed by atoms with E-state index in [0.29, 0.717) is 19.7 Å². The summed E-state index contributed by atoms with van der Waals surface area (Å²) < 4.78 is 5.62. The topological polar surface area (TPSA) is 61.8 Å². The Morgan fingerprint density at radius 2 is 2.16 bits per heavy atom. The largest absolute Gasteiger partial charge is 0.480 e. The van der Waals surface area contributed by atoms with Crippen molar-refractivity contribution in [2.75, 3.05) is 26.2 Å². The normalized spacial score (nSPS) is 31.9. The molecular formula is C14H26N2O3. The van der Waals surface area contributed by atoms with Gasteiger partial charge in [0.05, 0.1) is 12.7 Å². The molecule has 3 atom stereocenters. The summed E-state index contributed by atoms with van der Waals surface area (Å²) >= 11 is 0. The van der Waals surface area contributed by atoms with E-state index in [9.17, 15) is 9.90 Å². The van der Waals surface area contributed by atoms with Crippen LogP contribution >= 0.6 is 0 Å². The van der Waals surface area contributed by atoms with Crippen LogP contribution in [0.3, 0.4) is 0 Å². The number of morpholine rings is 1. The third kappa shape index (κ3) is 3.09. The van der Waals surface area contributed by atoms with Crippen molar-refractivity contribution in [2.45, 2.75) is 51.3 Å². The van der Waals surface area contributed by atoms with Gasteiger partial charge in [0.15, 0.2) is 0 Å². The monoisotopic (exact) mass is 270 g/mol. The van der Waals surface area contributed by atoms with Gasteiger partial charge in [-0.3, -0.25) is 9.69 Å². The van der Waals surface area contributed by atoms with Gasteiger partial charge in [0.1, 0.15) is 5.54 Å². The number of hydrogen-bond donors (Lipinski definition) is 2. The Labute approximate surface area is 115 Å². The van der Waals surface area contributed by atoms with Gasteiger partial charge in [-0.2, -0.15) is 0 Å². The van der Waals surface area contributed by atoms with Gasteiger partial charge in [-0.05, 0) is 39.2 Å². The molecule has 0 radical (unpaired) electrons. The molecule has 2 rings (SSSR count). The van der Waals surface area contributed by atoms with E-state index in [-0.39, 0.29) is 18.1 Å². The number of ether oxygens (including phenoxy) is 1. The fourth-order valence-electron chi connectivity index (χ4n) is 3.05. The van der Waals surface area contributed by atoms with E-state index in [0.717, 1.165) is 19.4 Å². The number of nitrogens with one attached hydrogen (secondary N) is 1. The zero-order valence-corrected chi connectivity index (χ0v) is 12.2. The molecule has 0 spiro atoms. The predicted molar refractivity (Wildman–Crippen MR) is 73.2 cm³/mol. The highest BCUT2D eigenvalue weighted by molar-refractivity contribution is 5.80. The average Bonchev–Trinajstić information content (AvgIpc) is 3.17. The quantitative estimate of drug-likeness (QED) is 0.752. The van der Waals surface area contributed by atoms with Crippen molar-refractivity contribution in [3.05, 3.63) is 0 Å². The van der Waals surface area contributed by atoms with Crippen LogP contribution in [0, 0.1) is 5.92 Å². The number of likely N-dealkylation sites (N-methyl/N-ethyl adjacent to an activating group) is 1. The molecule has 0 aromatic carbocycles. The van der Waals surface area contributed by atoms with E-state index in [1.54, 1.807) is 0 Å². The number of hydrogen-bond acceptors (Lipinski definition) is 4. The number of rotatable bonds is 6. The van der Waals surface area contributed by atoms with Crippen molar-refractivity contribution in [1.29, 1.82) is 0 Å². The number of carboxylic acids is 1. The molecule has 0 aromatic rings. The molecule has 1 heterocycles. The Morgan fingerprint density at radius 1 is 1.47 bits per heavy atom. The van der Waals surface area contributed by atoms with E-state index in [1.807, 2.05) is 13.8 Å². The minimum atomic E-state index is -0.778. The number of nitrogens with zero attached hydrogens (tertiary/aromatic N) is 1. The van der Waals surface area contributed by atoms with Crippen LogP contribution in [0.1, 0.15) is 33.6 Å². The second-order valence-electron chi connectivity index (χ2n) is 6.00. The maximum atomic E-state index is 11.8. The van der Waals surface area contributed by atoms with Crippen molar-refractivity contribution < 1.29 is 14.6 Å². The third-order valence-corrected chi connectivity index (χ3v) is 4.34. The lowest BCUT2D eigenvalue weighted by atomic mass is 9.91. The standard InChI is InChI=1S/C14H26N2O3/c1-4-15-14(13(17)18,12-5-6-12)9-16-7-11(3)19-8-10(16)2/h10-12,15H,4-9H2,1-3H3,(H,17,18). The van der Waals surface area contributed by atoms with Crippen LogP contribution in [0.4, 0.5) is 0 Å². The van der Waals surface area contributed by atoms with E-state index in [1.165, 1.54) is 0 Å². The maximum absolute atomic E-state index is 11.8. The average molecular weight is 270 g/mol.